The van der Waals surface area contributed by atoms with Gasteiger partial charge in [-0.15, -0.1) is 23.7 Å². The molecular weight excluding hydrogens is 369 g/mol. The number of nitrogens with two attached hydrogens (primary N) is 1. The highest BCUT2D eigenvalue weighted by Gasteiger charge is 2.31. The lowest BCUT2D eigenvalue weighted by atomic mass is 9.95. The van der Waals surface area contributed by atoms with E-state index < -0.39 is 0 Å². The Bertz CT molecular complexity index is 584. The van der Waals surface area contributed by atoms with Gasteiger partial charge >= 0.3 is 0 Å². The quantitative estimate of drug-likeness (QED) is 0.809. The molecule has 1 unspecified atom stereocenters. The minimum absolute atomic E-state index is 0. The highest BCUT2D eigenvalue weighted by Crippen LogP contribution is 2.31. The van der Waals surface area contributed by atoms with Crippen LogP contribution in [0.15, 0.2) is 12.1 Å². The molecule has 24 heavy (non-hydrogen) atoms. The molecule has 2 aliphatic rings. The van der Waals surface area contributed by atoms with Crippen LogP contribution in [0.4, 0.5) is 0 Å². The summed E-state index contributed by atoms with van der Waals surface area (Å²) in [5, 5.41) is 2.97. The van der Waals surface area contributed by atoms with Gasteiger partial charge in [0.25, 0.3) is 5.91 Å². The van der Waals surface area contributed by atoms with E-state index in [1.54, 1.807) is 12.1 Å². The molecule has 0 aromatic carbocycles. The maximum atomic E-state index is 12.3. The molecule has 1 aliphatic heterocycles. The monoisotopic (exact) mass is 391 g/mol. The number of rotatable bonds is 5. The molecule has 3 N–H and O–H groups in total. The summed E-state index contributed by atoms with van der Waals surface area (Å²) in [6.45, 7) is 1.79. The van der Waals surface area contributed by atoms with Crippen LogP contribution in [0, 0.1) is 11.8 Å². The van der Waals surface area contributed by atoms with Crippen LogP contribution >= 0.6 is 35.3 Å². The number of piperidine rings is 1. The largest absolute Gasteiger partial charge is 0.354 e. The smallest absolute Gasteiger partial charge is 0.263 e. The Kier molecular flexibility index (Phi) is 6.92. The Hall–Kier alpha value is -0.820. The van der Waals surface area contributed by atoms with Crippen molar-refractivity contribution in [1.29, 1.82) is 0 Å². The van der Waals surface area contributed by atoms with Crippen LogP contribution in [0.3, 0.4) is 0 Å². The Labute approximate surface area is 157 Å². The summed E-state index contributed by atoms with van der Waals surface area (Å²) in [5.74, 6) is 0.661. The van der Waals surface area contributed by atoms with Crippen LogP contribution < -0.4 is 11.1 Å². The lowest BCUT2D eigenvalue weighted by Crippen LogP contribution is -2.45. The number of carbonyl (C=O) groups is 2. The summed E-state index contributed by atoms with van der Waals surface area (Å²) in [5.41, 5.74) is 6.01. The maximum Gasteiger partial charge on any atom is 0.263 e. The predicted molar refractivity (Wildman–Crippen MR) is 98.9 cm³/mol. The Balaban J connectivity index is 0.00000208. The van der Waals surface area contributed by atoms with Gasteiger partial charge in [0, 0.05) is 31.6 Å². The van der Waals surface area contributed by atoms with Crippen molar-refractivity contribution in [2.45, 2.75) is 31.7 Å². The third-order valence-electron chi connectivity index (χ3n) is 4.68. The van der Waals surface area contributed by atoms with Gasteiger partial charge in [-0.25, -0.2) is 0 Å². The zero-order chi connectivity index (χ0) is 16.4. The summed E-state index contributed by atoms with van der Waals surface area (Å²) in [4.78, 5) is 27.0. The number of amides is 2. The fourth-order valence-electron chi connectivity index (χ4n) is 2.98. The third kappa shape index (κ3) is 4.85. The normalized spacial score (nSPS) is 19.5. The molecule has 5 nitrogen and oxygen atoms in total. The second kappa shape index (κ2) is 8.52. The number of carbonyl (C=O) groups excluding carboxylic acids is 2. The van der Waals surface area contributed by atoms with E-state index in [-0.39, 0.29) is 36.2 Å². The number of hydrogen-bond acceptors (Lipinski definition) is 4. The number of nitrogens with zero attached hydrogens (tertiary/aromatic N) is 1. The molecule has 2 fully saturated rings. The molecule has 3 rings (SSSR count). The van der Waals surface area contributed by atoms with Gasteiger partial charge in [0.2, 0.25) is 5.91 Å². The number of nitrogens with one attached hydrogen (secondary N) is 1. The molecule has 1 aliphatic carbocycles. The first kappa shape index (κ1) is 19.5. The summed E-state index contributed by atoms with van der Waals surface area (Å²) in [6.07, 6.45) is 3.78. The van der Waals surface area contributed by atoms with Gasteiger partial charge in [-0.3, -0.25) is 9.59 Å². The van der Waals surface area contributed by atoms with E-state index in [4.69, 9.17) is 17.3 Å². The van der Waals surface area contributed by atoms with E-state index in [9.17, 15) is 9.59 Å². The number of likely N-dealkylation sites (tertiary alicyclic amines) is 1. The van der Waals surface area contributed by atoms with Gasteiger partial charge in [-0.1, -0.05) is 11.6 Å². The molecule has 0 radical (unpaired) electrons. The van der Waals surface area contributed by atoms with Crippen LogP contribution in [0.25, 0.3) is 0 Å². The summed E-state index contributed by atoms with van der Waals surface area (Å²) in [7, 11) is 0. The number of thiophene rings is 1. The van der Waals surface area contributed by atoms with E-state index in [0.717, 1.165) is 0 Å². The van der Waals surface area contributed by atoms with Crippen molar-refractivity contribution in [3.05, 3.63) is 21.3 Å². The van der Waals surface area contributed by atoms with Gasteiger partial charge in [-0.2, -0.15) is 0 Å². The SMILES string of the molecule is Cl.NC(CNC(=O)C1CCN(C(=O)c2ccc(Cl)s2)CC1)C1CC1. The maximum absolute atomic E-state index is 12.3. The first-order valence-electron chi connectivity index (χ1n) is 8.12. The highest BCUT2D eigenvalue weighted by molar-refractivity contribution is 7.17. The number of hydrogen-bond donors (Lipinski definition) is 2. The predicted octanol–water partition coefficient (Wildman–Crippen LogP) is 2.53. The van der Waals surface area contributed by atoms with E-state index in [0.29, 0.717) is 47.6 Å². The second-order valence-electron chi connectivity index (χ2n) is 6.42. The molecular formula is C16H23Cl2N3O2S. The lowest BCUT2D eigenvalue weighted by Gasteiger charge is -2.31. The van der Waals surface area contributed by atoms with Crippen LogP contribution in [-0.4, -0.2) is 42.4 Å². The number of halogens is 2. The van der Waals surface area contributed by atoms with Crippen molar-refractivity contribution < 1.29 is 9.59 Å². The first-order chi connectivity index (χ1) is 11.0. The fraction of sp³-hybridized carbons (Fsp3) is 0.625. The van der Waals surface area contributed by atoms with Crippen molar-refractivity contribution in [3.8, 4) is 0 Å². The van der Waals surface area contributed by atoms with Crippen molar-refractivity contribution >= 4 is 47.2 Å². The molecule has 1 aromatic heterocycles. The third-order valence-corrected chi connectivity index (χ3v) is 5.90. The molecule has 2 heterocycles. The summed E-state index contributed by atoms with van der Waals surface area (Å²) < 4.78 is 0.620. The van der Waals surface area contributed by atoms with Gasteiger partial charge in [-0.05, 0) is 43.7 Å². The van der Waals surface area contributed by atoms with Crippen LogP contribution in [0.1, 0.15) is 35.4 Å². The summed E-state index contributed by atoms with van der Waals surface area (Å²) >= 11 is 7.18. The fourth-order valence-corrected chi connectivity index (χ4v) is 3.99. The van der Waals surface area contributed by atoms with E-state index in [1.807, 2.05) is 4.90 Å². The zero-order valence-corrected chi connectivity index (χ0v) is 15.8. The minimum atomic E-state index is -0.0163. The van der Waals surface area contributed by atoms with Gasteiger partial charge in [0.05, 0.1) is 9.21 Å². The van der Waals surface area contributed by atoms with Crippen molar-refractivity contribution in [2.24, 2.45) is 17.6 Å². The van der Waals surface area contributed by atoms with Crippen LogP contribution in [0.2, 0.25) is 4.34 Å². The van der Waals surface area contributed by atoms with Gasteiger partial charge in [0.1, 0.15) is 0 Å². The van der Waals surface area contributed by atoms with E-state index in [1.165, 1.54) is 24.2 Å². The molecule has 1 saturated heterocycles. The van der Waals surface area contributed by atoms with Crippen molar-refractivity contribution in [2.75, 3.05) is 19.6 Å². The van der Waals surface area contributed by atoms with Crippen molar-refractivity contribution in [1.82, 2.24) is 10.2 Å². The molecule has 0 bridgehead atoms. The van der Waals surface area contributed by atoms with Crippen LogP contribution in [-0.2, 0) is 4.79 Å². The zero-order valence-electron chi connectivity index (χ0n) is 13.4. The second-order valence-corrected chi connectivity index (χ2v) is 8.13. The molecule has 1 atom stereocenters. The molecule has 1 saturated carbocycles. The molecule has 0 spiro atoms. The van der Waals surface area contributed by atoms with Crippen molar-refractivity contribution in [3.63, 3.8) is 0 Å². The Morgan fingerprint density at radius 2 is 1.96 bits per heavy atom. The standard InChI is InChI=1S/C16H22ClN3O2S.ClH/c17-14-4-3-13(23-14)16(22)20-7-5-11(6-8-20)15(21)19-9-12(18)10-1-2-10;/h3-4,10-12H,1-2,5-9,18H2,(H,19,21);1H. The molecule has 134 valence electrons. The Morgan fingerprint density at radius 1 is 1.29 bits per heavy atom. The van der Waals surface area contributed by atoms with E-state index >= 15 is 0 Å². The van der Waals surface area contributed by atoms with Gasteiger partial charge < -0.3 is 16.0 Å². The van der Waals surface area contributed by atoms with Gasteiger partial charge in [0.15, 0.2) is 0 Å². The van der Waals surface area contributed by atoms with E-state index in [2.05, 4.69) is 5.32 Å². The molecule has 8 heteroatoms. The van der Waals surface area contributed by atoms with Crippen LogP contribution in [0.5, 0.6) is 0 Å². The molecule has 2 amide bonds. The highest BCUT2D eigenvalue weighted by atomic mass is 35.5. The average molecular weight is 392 g/mol. The first-order valence-corrected chi connectivity index (χ1v) is 9.32. The minimum Gasteiger partial charge on any atom is -0.354 e. The Morgan fingerprint density at radius 3 is 2.50 bits per heavy atom. The molecule has 1 aromatic rings. The lowest BCUT2D eigenvalue weighted by molar-refractivity contribution is -0.126. The summed E-state index contributed by atoms with van der Waals surface area (Å²) in [6, 6.07) is 3.58. The topological polar surface area (TPSA) is 75.4 Å². The average Bonchev–Trinajstić information content (AvgIpc) is 3.33.